The predicted molar refractivity (Wildman–Crippen MR) is 126 cm³/mol. The number of rotatable bonds is 8. The largest absolute Gasteiger partial charge is 0.359 e. The number of aromatic nitrogens is 1. The predicted octanol–water partition coefficient (Wildman–Crippen LogP) is 4.36. The Morgan fingerprint density at radius 3 is 2.39 bits per heavy atom. The Morgan fingerprint density at radius 1 is 0.968 bits per heavy atom. The van der Waals surface area contributed by atoms with Crippen molar-refractivity contribution in [2.24, 2.45) is 5.41 Å². The van der Waals surface area contributed by atoms with Crippen molar-refractivity contribution in [3.8, 4) is 11.1 Å². The van der Waals surface area contributed by atoms with E-state index >= 15 is 0 Å². The zero-order valence-electron chi connectivity index (χ0n) is 18.3. The van der Waals surface area contributed by atoms with Gasteiger partial charge in [0.05, 0.1) is 5.41 Å². The van der Waals surface area contributed by atoms with E-state index in [0.717, 1.165) is 50.9 Å². The van der Waals surface area contributed by atoms with Gasteiger partial charge in [0.1, 0.15) is 0 Å². The van der Waals surface area contributed by atoms with Gasteiger partial charge in [-0.15, -0.1) is 0 Å². The molecule has 4 nitrogen and oxygen atoms in total. The number of carbonyl (C=O) groups excluding carboxylic acids is 1. The second kappa shape index (κ2) is 9.88. The van der Waals surface area contributed by atoms with Gasteiger partial charge >= 0.3 is 0 Å². The molecule has 2 heterocycles. The van der Waals surface area contributed by atoms with Crippen LogP contribution >= 0.6 is 0 Å². The highest BCUT2D eigenvalue weighted by Crippen LogP contribution is 2.35. The van der Waals surface area contributed by atoms with E-state index in [0.29, 0.717) is 0 Å². The van der Waals surface area contributed by atoms with Crippen molar-refractivity contribution < 1.29 is 4.79 Å². The lowest BCUT2D eigenvalue weighted by molar-refractivity contribution is -0.129. The van der Waals surface area contributed by atoms with E-state index in [-0.39, 0.29) is 11.3 Å². The molecule has 1 saturated heterocycles. The fourth-order valence-corrected chi connectivity index (χ4v) is 4.73. The maximum atomic E-state index is 12.9. The number of nitrogens with one attached hydrogen (secondary N) is 1. The number of carbonyl (C=O) groups is 1. The molecule has 31 heavy (non-hydrogen) atoms. The van der Waals surface area contributed by atoms with E-state index in [4.69, 9.17) is 0 Å². The number of likely N-dealkylation sites (tertiary alicyclic amines) is 1. The van der Waals surface area contributed by atoms with Crippen molar-refractivity contribution in [3.63, 3.8) is 0 Å². The first-order valence-electron chi connectivity index (χ1n) is 11.2. The highest BCUT2D eigenvalue weighted by molar-refractivity contribution is 5.83. The molecule has 0 saturated carbocycles. The van der Waals surface area contributed by atoms with Gasteiger partial charge in [0.25, 0.3) is 0 Å². The number of amides is 1. The van der Waals surface area contributed by atoms with Crippen molar-refractivity contribution in [1.82, 2.24) is 15.2 Å². The van der Waals surface area contributed by atoms with E-state index in [1.807, 2.05) is 24.5 Å². The van der Waals surface area contributed by atoms with Crippen LogP contribution in [0.15, 0.2) is 79.1 Å². The fraction of sp³-hybridized carbons (Fsp3) is 0.333. The van der Waals surface area contributed by atoms with E-state index in [1.54, 1.807) is 7.05 Å². The molecule has 0 spiro atoms. The van der Waals surface area contributed by atoms with Gasteiger partial charge in [-0.2, -0.15) is 0 Å². The van der Waals surface area contributed by atoms with Gasteiger partial charge in [0, 0.05) is 26.0 Å². The Morgan fingerprint density at radius 2 is 1.68 bits per heavy atom. The van der Waals surface area contributed by atoms with Crippen LogP contribution in [0.2, 0.25) is 0 Å². The van der Waals surface area contributed by atoms with Crippen molar-refractivity contribution in [1.29, 1.82) is 0 Å². The molecular weight excluding hydrogens is 382 g/mol. The van der Waals surface area contributed by atoms with E-state index < -0.39 is 0 Å². The van der Waals surface area contributed by atoms with E-state index in [2.05, 4.69) is 69.8 Å². The molecule has 1 atom stereocenters. The molecule has 3 aromatic rings. The lowest BCUT2D eigenvalue weighted by atomic mass is 9.79. The lowest BCUT2D eigenvalue weighted by Gasteiger charge is -2.28. The van der Waals surface area contributed by atoms with E-state index in [1.165, 1.54) is 16.7 Å². The summed E-state index contributed by atoms with van der Waals surface area (Å²) >= 11 is 0. The molecule has 1 aliphatic heterocycles. The van der Waals surface area contributed by atoms with Crippen LogP contribution in [0, 0.1) is 5.41 Å². The Kier molecular flexibility index (Phi) is 6.78. The van der Waals surface area contributed by atoms with Gasteiger partial charge in [-0.3, -0.25) is 9.78 Å². The van der Waals surface area contributed by atoms with E-state index in [9.17, 15) is 4.79 Å². The summed E-state index contributed by atoms with van der Waals surface area (Å²) in [5, 5.41) is 2.94. The first-order valence-corrected chi connectivity index (χ1v) is 11.2. The molecule has 1 aromatic heterocycles. The van der Waals surface area contributed by atoms with Crippen LogP contribution in [0.25, 0.3) is 11.1 Å². The Balaban J connectivity index is 1.39. The summed E-state index contributed by atoms with van der Waals surface area (Å²) in [7, 11) is 1.76. The molecular formula is C27H31N3O. The van der Waals surface area contributed by atoms with Gasteiger partial charge in [-0.05, 0) is 73.2 Å². The molecule has 1 N–H and O–H groups in total. The average molecular weight is 414 g/mol. The molecule has 2 aromatic carbocycles. The zero-order valence-corrected chi connectivity index (χ0v) is 18.3. The minimum absolute atomic E-state index is 0.163. The third-order valence-corrected chi connectivity index (χ3v) is 6.43. The Hall–Kier alpha value is -2.98. The molecule has 0 bridgehead atoms. The maximum absolute atomic E-state index is 12.9. The molecule has 1 aliphatic rings. The van der Waals surface area contributed by atoms with Gasteiger partial charge in [-0.25, -0.2) is 0 Å². The lowest BCUT2D eigenvalue weighted by Crippen LogP contribution is -2.43. The average Bonchev–Trinajstić information content (AvgIpc) is 3.24. The van der Waals surface area contributed by atoms with Crippen LogP contribution in [-0.4, -0.2) is 42.5 Å². The summed E-state index contributed by atoms with van der Waals surface area (Å²) in [6, 6.07) is 23.3. The summed E-state index contributed by atoms with van der Waals surface area (Å²) < 4.78 is 0. The topological polar surface area (TPSA) is 45.2 Å². The number of aryl methyl sites for hydroxylation is 1. The van der Waals surface area contributed by atoms with Crippen LogP contribution in [0.3, 0.4) is 0 Å². The second-order valence-electron chi connectivity index (χ2n) is 8.58. The van der Waals surface area contributed by atoms with Crippen LogP contribution in [-0.2, 0) is 17.6 Å². The first-order chi connectivity index (χ1) is 15.2. The Bertz CT molecular complexity index is 972. The SMILES string of the molecule is CNC(=O)[C@@]1(Cc2ccc(-c3ccncc3)cc2)CCN(CCCc2ccccc2)C1. The molecule has 4 rings (SSSR count). The smallest absolute Gasteiger partial charge is 0.227 e. The molecule has 1 fully saturated rings. The molecule has 0 unspecified atom stereocenters. The summed E-state index contributed by atoms with van der Waals surface area (Å²) in [5.41, 5.74) is 4.59. The normalized spacial score (nSPS) is 18.7. The van der Waals surface area contributed by atoms with Gasteiger partial charge < -0.3 is 10.2 Å². The van der Waals surface area contributed by atoms with Crippen molar-refractivity contribution in [2.45, 2.75) is 25.7 Å². The minimum atomic E-state index is -0.348. The first kappa shape index (κ1) is 21.3. The highest BCUT2D eigenvalue weighted by Gasteiger charge is 2.43. The Labute approximate surface area is 185 Å². The molecule has 1 amide bonds. The van der Waals surface area contributed by atoms with Crippen LogP contribution in [0.1, 0.15) is 24.0 Å². The monoisotopic (exact) mass is 413 g/mol. The second-order valence-corrected chi connectivity index (χ2v) is 8.58. The quantitative estimate of drug-likeness (QED) is 0.597. The van der Waals surface area contributed by atoms with Gasteiger partial charge in [-0.1, -0.05) is 54.6 Å². The fourth-order valence-electron chi connectivity index (χ4n) is 4.73. The number of pyridine rings is 1. The van der Waals surface area contributed by atoms with Gasteiger partial charge in [0.15, 0.2) is 0 Å². The highest BCUT2D eigenvalue weighted by atomic mass is 16.2. The minimum Gasteiger partial charge on any atom is -0.359 e. The molecule has 0 aliphatic carbocycles. The maximum Gasteiger partial charge on any atom is 0.227 e. The standard InChI is InChI=1S/C27H31N3O/c1-28-26(31)27(15-19-30(21-27)18-5-8-22-6-3-2-4-7-22)20-23-9-11-24(12-10-23)25-13-16-29-17-14-25/h2-4,6-7,9-14,16-17H,5,8,15,18-21H2,1H3,(H,28,31)/t27-/m1/s1. The molecule has 0 radical (unpaired) electrons. The third kappa shape index (κ3) is 5.20. The van der Waals surface area contributed by atoms with Gasteiger partial charge in [0.2, 0.25) is 5.91 Å². The molecule has 4 heteroatoms. The van der Waals surface area contributed by atoms with Crippen LogP contribution < -0.4 is 5.32 Å². The van der Waals surface area contributed by atoms with Crippen LogP contribution in [0.4, 0.5) is 0 Å². The summed E-state index contributed by atoms with van der Waals surface area (Å²) in [6.07, 6.45) is 7.52. The number of nitrogens with zero attached hydrogens (tertiary/aromatic N) is 2. The summed E-state index contributed by atoms with van der Waals surface area (Å²) in [5.74, 6) is 0.163. The molecule has 160 valence electrons. The number of benzene rings is 2. The zero-order chi connectivity index (χ0) is 21.5. The van der Waals surface area contributed by atoms with Crippen LogP contribution in [0.5, 0.6) is 0 Å². The van der Waals surface area contributed by atoms with Crippen molar-refractivity contribution in [3.05, 3.63) is 90.3 Å². The summed E-state index contributed by atoms with van der Waals surface area (Å²) in [6.45, 7) is 2.85. The summed E-state index contributed by atoms with van der Waals surface area (Å²) in [4.78, 5) is 19.5. The van der Waals surface area contributed by atoms with Crippen molar-refractivity contribution in [2.75, 3.05) is 26.7 Å². The van der Waals surface area contributed by atoms with Crippen molar-refractivity contribution >= 4 is 5.91 Å². The number of hydrogen-bond donors (Lipinski definition) is 1. The third-order valence-electron chi connectivity index (χ3n) is 6.43. The number of hydrogen-bond acceptors (Lipinski definition) is 3.